The normalized spacial score (nSPS) is 11.2. The molecule has 0 aliphatic carbocycles. The fourth-order valence-corrected chi connectivity index (χ4v) is 3.04. The largest absolute Gasteiger partial charge is 0.478 e. The van der Waals surface area contributed by atoms with Crippen LogP contribution in [-0.2, 0) is 16.6 Å². The van der Waals surface area contributed by atoms with E-state index in [0.717, 1.165) is 0 Å². The number of thiophene rings is 1. The first kappa shape index (κ1) is 16.2. The van der Waals surface area contributed by atoms with Crippen LogP contribution in [0.2, 0.25) is 0 Å². The molecule has 0 spiro atoms. The van der Waals surface area contributed by atoms with E-state index in [0.29, 0.717) is 12.1 Å². The molecule has 0 aliphatic rings. The molecule has 1 aromatic heterocycles. The van der Waals surface area contributed by atoms with Crippen LogP contribution in [0.4, 0.5) is 0 Å². The van der Waals surface area contributed by atoms with Crippen LogP contribution in [0.25, 0.3) is 0 Å². The summed E-state index contributed by atoms with van der Waals surface area (Å²) >= 11 is 1.66. The minimum Gasteiger partial charge on any atom is -0.478 e. The molecule has 1 amide bonds. The molecule has 1 heterocycles. The van der Waals surface area contributed by atoms with E-state index in [1.54, 1.807) is 29.5 Å². The highest BCUT2D eigenvalue weighted by molar-refractivity contribution is 7.10. The van der Waals surface area contributed by atoms with Gasteiger partial charge in [-0.05, 0) is 23.1 Å². The van der Waals surface area contributed by atoms with Crippen LogP contribution in [0.1, 0.15) is 34.6 Å². The zero-order valence-corrected chi connectivity index (χ0v) is 13.4. The molecule has 22 heavy (non-hydrogen) atoms. The molecule has 0 saturated carbocycles. The van der Waals surface area contributed by atoms with Gasteiger partial charge in [-0.3, -0.25) is 4.79 Å². The average molecular weight is 317 g/mol. The number of carboxylic acids is 1. The number of hydrogen-bond acceptors (Lipinski definition) is 3. The van der Waals surface area contributed by atoms with Gasteiger partial charge in [0, 0.05) is 16.8 Å². The first-order chi connectivity index (χ1) is 10.4. The number of carbonyl (C=O) groups is 2. The Morgan fingerprint density at radius 3 is 2.55 bits per heavy atom. The molecule has 1 aromatic carbocycles. The van der Waals surface area contributed by atoms with E-state index >= 15 is 0 Å². The number of hydrogen-bond donors (Lipinski definition) is 2. The van der Waals surface area contributed by atoms with Gasteiger partial charge in [0.1, 0.15) is 0 Å². The number of carboxylic acid groups (broad SMARTS) is 1. The van der Waals surface area contributed by atoms with E-state index in [9.17, 15) is 9.59 Å². The van der Waals surface area contributed by atoms with Gasteiger partial charge in [-0.15, -0.1) is 11.3 Å². The summed E-state index contributed by atoms with van der Waals surface area (Å²) < 4.78 is 0. The lowest BCUT2D eigenvalue weighted by molar-refractivity contribution is -0.120. The molecule has 5 heteroatoms. The summed E-state index contributed by atoms with van der Waals surface area (Å²) in [6, 6.07) is 10.6. The first-order valence-electron chi connectivity index (χ1n) is 7.02. The van der Waals surface area contributed by atoms with Gasteiger partial charge in [0.05, 0.1) is 12.0 Å². The molecule has 116 valence electrons. The van der Waals surface area contributed by atoms with Gasteiger partial charge in [-0.1, -0.05) is 38.1 Å². The van der Waals surface area contributed by atoms with Crippen molar-refractivity contribution in [1.29, 1.82) is 0 Å². The van der Waals surface area contributed by atoms with E-state index in [4.69, 9.17) is 5.11 Å². The molecule has 0 aliphatic heterocycles. The maximum Gasteiger partial charge on any atom is 0.335 e. The van der Waals surface area contributed by atoms with Crippen molar-refractivity contribution >= 4 is 23.2 Å². The second-order valence-electron chi connectivity index (χ2n) is 5.78. The molecular weight excluding hydrogens is 298 g/mol. The van der Waals surface area contributed by atoms with Crippen molar-refractivity contribution in [2.75, 3.05) is 6.54 Å². The number of benzene rings is 1. The monoisotopic (exact) mass is 317 g/mol. The van der Waals surface area contributed by atoms with Crippen LogP contribution in [0.3, 0.4) is 0 Å². The molecule has 0 saturated heterocycles. The molecule has 0 fully saturated rings. The fraction of sp³-hybridized carbons (Fsp3) is 0.294. The van der Waals surface area contributed by atoms with E-state index in [1.807, 2.05) is 11.4 Å². The molecule has 0 unspecified atom stereocenters. The van der Waals surface area contributed by atoms with E-state index < -0.39 is 5.97 Å². The summed E-state index contributed by atoms with van der Waals surface area (Å²) in [5, 5.41) is 14.0. The summed E-state index contributed by atoms with van der Waals surface area (Å²) in [6.07, 6.45) is 0.0724. The quantitative estimate of drug-likeness (QED) is 0.860. The van der Waals surface area contributed by atoms with Gasteiger partial charge >= 0.3 is 5.97 Å². The Hall–Kier alpha value is -2.14. The number of rotatable bonds is 6. The van der Waals surface area contributed by atoms with Crippen molar-refractivity contribution < 1.29 is 14.7 Å². The summed E-state index contributed by atoms with van der Waals surface area (Å²) in [5.41, 5.74) is 0.562. The summed E-state index contributed by atoms with van der Waals surface area (Å²) in [6.45, 7) is 4.66. The van der Waals surface area contributed by atoms with Gasteiger partial charge in [0.25, 0.3) is 0 Å². The Bertz CT molecular complexity index is 662. The predicted octanol–water partition coefficient (Wildman–Crippen LogP) is 3.08. The lowest BCUT2D eigenvalue weighted by Crippen LogP contribution is -2.37. The zero-order valence-electron chi connectivity index (χ0n) is 12.6. The Labute approximate surface area is 133 Å². The van der Waals surface area contributed by atoms with Crippen LogP contribution in [-0.4, -0.2) is 23.5 Å². The van der Waals surface area contributed by atoms with Crippen molar-refractivity contribution in [3.05, 3.63) is 57.8 Å². The molecule has 0 radical (unpaired) electrons. The second kappa shape index (κ2) is 6.75. The van der Waals surface area contributed by atoms with Crippen molar-refractivity contribution in [3.63, 3.8) is 0 Å². The molecule has 2 N–H and O–H groups in total. The molecule has 2 rings (SSSR count). The van der Waals surface area contributed by atoms with Crippen LogP contribution in [0.5, 0.6) is 0 Å². The van der Waals surface area contributed by atoms with Crippen LogP contribution in [0.15, 0.2) is 41.8 Å². The molecule has 0 atom stereocenters. The summed E-state index contributed by atoms with van der Waals surface area (Å²) in [4.78, 5) is 24.5. The minimum atomic E-state index is -1.01. The average Bonchev–Trinajstić information content (AvgIpc) is 3.01. The topological polar surface area (TPSA) is 66.4 Å². The highest BCUT2D eigenvalue weighted by Gasteiger charge is 2.22. The highest BCUT2D eigenvalue weighted by atomic mass is 32.1. The number of nitrogens with one attached hydrogen (secondary N) is 1. The van der Waals surface area contributed by atoms with Gasteiger partial charge in [0.2, 0.25) is 5.91 Å². The lowest BCUT2D eigenvalue weighted by Gasteiger charge is -2.23. The molecule has 2 aromatic rings. The van der Waals surface area contributed by atoms with Crippen molar-refractivity contribution in [1.82, 2.24) is 5.32 Å². The molecule has 0 bridgehead atoms. The Morgan fingerprint density at radius 1 is 1.18 bits per heavy atom. The standard InChI is InChI=1S/C17H19NO3S/c1-17(2,14-8-5-9-22-14)11-18-15(19)10-12-6-3-4-7-13(12)16(20)21/h3-9H,10-11H2,1-2H3,(H,18,19)(H,20,21). The van der Waals surface area contributed by atoms with Crippen LogP contribution >= 0.6 is 11.3 Å². The number of amides is 1. The smallest absolute Gasteiger partial charge is 0.335 e. The van der Waals surface area contributed by atoms with Crippen molar-refractivity contribution in [2.45, 2.75) is 25.7 Å². The fourth-order valence-electron chi connectivity index (χ4n) is 2.19. The third-order valence-electron chi connectivity index (χ3n) is 3.51. The lowest BCUT2D eigenvalue weighted by atomic mass is 9.91. The van der Waals surface area contributed by atoms with Gasteiger partial charge in [-0.25, -0.2) is 4.79 Å². The first-order valence-corrected chi connectivity index (χ1v) is 7.90. The minimum absolute atomic E-state index is 0.0724. The van der Waals surface area contributed by atoms with Crippen molar-refractivity contribution in [3.8, 4) is 0 Å². The predicted molar refractivity (Wildman–Crippen MR) is 87.5 cm³/mol. The van der Waals surface area contributed by atoms with Gasteiger partial charge in [-0.2, -0.15) is 0 Å². The Kier molecular flexibility index (Phi) is 4.98. The summed E-state index contributed by atoms with van der Waals surface area (Å²) in [7, 11) is 0. The van der Waals surface area contributed by atoms with Crippen LogP contribution in [0, 0.1) is 0 Å². The van der Waals surface area contributed by atoms with E-state index in [2.05, 4.69) is 25.2 Å². The number of aromatic carboxylic acids is 1. The Morgan fingerprint density at radius 2 is 1.91 bits per heavy atom. The zero-order chi connectivity index (χ0) is 16.2. The van der Waals surface area contributed by atoms with Crippen molar-refractivity contribution in [2.24, 2.45) is 0 Å². The summed E-state index contributed by atoms with van der Waals surface area (Å²) in [5.74, 6) is -1.18. The highest BCUT2D eigenvalue weighted by Crippen LogP contribution is 2.26. The number of carbonyl (C=O) groups excluding carboxylic acids is 1. The SMILES string of the molecule is CC(C)(CNC(=O)Cc1ccccc1C(=O)O)c1cccs1. The maximum atomic E-state index is 12.1. The van der Waals surface area contributed by atoms with Gasteiger partial charge < -0.3 is 10.4 Å². The van der Waals surface area contributed by atoms with Crippen LogP contribution < -0.4 is 5.32 Å². The van der Waals surface area contributed by atoms with E-state index in [-0.39, 0.29) is 23.3 Å². The third kappa shape index (κ3) is 3.95. The Balaban J connectivity index is 1.98. The third-order valence-corrected chi connectivity index (χ3v) is 4.75. The second-order valence-corrected chi connectivity index (χ2v) is 6.72. The van der Waals surface area contributed by atoms with E-state index in [1.165, 1.54) is 10.9 Å². The van der Waals surface area contributed by atoms with Gasteiger partial charge in [0.15, 0.2) is 0 Å². The molecule has 4 nitrogen and oxygen atoms in total. The molecular formula is C17H19NO3S. The maximum absolute atomic E-state index is 12.1.